The van der Waals surface area contributed by atoms with E-state index in [0.717, 1.165) is 61.7 Å². The normalized spacial score (nSPS) is 15.8. The van der Waals surface area contributed by atoms with E-state index in [1.807, 2.05) is 0 Å². The van der Waals surface area contributed by atoms with E-state index in [2.05, 4.69) is 57.8 Å². The molecule has 1 aliphatic heterocycles. The van der Waals surface area contributed by atoms with Gasteiger partial charge in [0.25, 0.3) is 0 Å². The monoisotopic (exact) mass is 358 g/mol. The summed E-state index contributed by atoms with van der Waals surface area (Å²) in [5.74, 6) is 1.25. The van der Waals surface area contributed by atoms with Crippen LogP contribution < -0.4 is 5.32 Å². The van der Waals surface area contributed by atoms with Crippen LogP contribution in [0.3, 0.4) is 0 Å². The second-order valence-electron chi connectivity index (χ2n) is 8.13. The fraction of sp³-hybridized carbons (Fsp3) is 0.714. The van der Waals surface area contributed by atoms with Gasteiger partial charge in [0, 0.05) is 30.8 Å². The number of nitrogens with one attached hydrogen (secondary N) is 1. The number of fused-ring (bicyclic) bond motifs is 1. The van der Waals surface area contributed by atoms with Crippen molar-refractivity contribution in [2.75, 3.05) is 31.5 Å². The zero-order valence-electron chi connectivity index (χ0n) is 17.3. The number of rotatable bonds is 8. The Morgan fingerprint density at radius 3 is 2.54 bits per heavy atom. The number of nitriles is 1. The molecule has 2 heterocycles. The molecule has 26 heavy (non-hydrogen) atoms. The summed E-state index contributed by atoms with van der Waals surface area (Å²) in [6.07, 6.45) is 1.66. The lowest BCUT2D eigenvalue weighted by molar-refractivity contribution is -0.0407. The average Bonchev–Trinajstić information content (AvgIpc) is 2.57. The highest BCUT2D eigenvalue weighted by atomic mass is 16.5. The molecule has 0 aliphatic carbocycles. The second kappa shape index (κ2) is 8.83. The molecule has 0 fully saturated rings. The number of pyridine rings is 1. The highest BCUT2D eigenvalue weighted by Crippen LogP contribution is 2.34. The smallest absolute Gasteiger partial charge is 0.144 e. The standard InChI is InChI=1S/C21H34N4O/c1-7-25(8-2)10-9-23-20-17(13-22)16-12-21(5,6)26-14-18(16)19(24-20)11-15(3)4/h15H,7-12,14H2,1-6H3,(H,23,24). The molecule has 5 heteroatoms. The lowest BCUT2D eigenvalue weighted by Crippen LogP contribution is -2.34. The fourth-order valence-corrected chi connectivity index (χ4v) is 3.51. The van der Waals surface area contributed by atoms with Crippen LogP contribution in [0.4, 0.5) is 5.82 Å². The Kier molecular flexibility index (Phi) is 7.02. The molecule has 0 spiro atoms. The van der Waals surface area contributed by atoms with E-state index in [1.54, 1.807) is 0 Å². The van der Waals surface area contributed by atoms with Gasteiger partial charge in [0.2, 0.25) is 0 Å². The summed E-state index contributed by atoms with van der Waals surface area (Å²) < 4.78 is 6.02. The van der Waals surface area contributed by atoms with Gasteiger partial charge in [-0.15, -0.1) is 0 Å². The third-order valence-corrected chi connectivity index (χ3v) is 5.04. The van der Waals surface area contributed by atoms with Gasteiger partial charge in [-0.25, -0.2) is 4.98 Å². The number of aromatic nitrogens is 1. The van der Waals surface area contributed by atoms with Crippen molar-refractivity contribution in [3.63, 3.8) is 0 Å². The summed E-state index contributed by atoms with van der Waals surface area (Å²) >= 11 is 0. The summed E-state index contributed by atoms with van der Waals surface area (Å²) in [7, 11) is 0. The molecule has 0 aromatic carbocycles. The minimum absolute atomic E-state index is 0.243. The molecule has 0 radical (unpaired) electrons. The average molecular weight is 359 g/mol. The Balaban J connectivity index is 2.36. The van der Waals surface area contributed by atoms with Crippen molar-refractivity contribution in [1.29, 1.82) is 5.26 Å². The van der Waals surface area contributed by atoms with E-state index in [9.17, 15) is 5.26 Å². The predicted molar refractivity (Wildman–Crippen MR) is 106 cm³/mol. The van der Waals surface area contributed by atoms with E-state index in [4.69, 9.17) is 9.72 Å². The number of ether oxygens (including phenoxy) is 1. The molecule has 144 valence electrons. The first-order valence-electron chi connectivity index (χ1n) is 9.86. The summed E-state index contributed by atoms with van der Waals surface area (Å²) in [4.78, 5) is 7.23. The summed E-state index contributed by atoms with van der Waals surface area (Å²) in [5.41, 5.74) is 3.79. The third-order valence-electron chi connectivity index (χ3n) is 5.04. The van der Waals surface area contributed by atoms with Crippen molar-refractivity contribution in [2.24, 2.45) is 5.92 Å². The van der Waals surface area contributed by atoms with E-state index in [0.29, 0.717) is 18.1 Å². The van der Waals surface area contributed by atoms with E-state index < -0.39 is 0 Å². The summed E-state index contributed by atoms with van der Waals surface area (Å²) in [6.45, 7) is 17.3. The van der Waals surface area contributed by atoms with Crippen molar-refractivity contribution < 1.29 is 4.74 Å². The fourth-order valence-electron chi connectivity index (χ4n) is 3.51. The first-order chi connectivity index (χ1) is 12.3. The van der Waals surface area contributed by atoms with Gasteiger partial charge in [-0.1, -0.05) is 27.7 Å². The van der Waals surface area contributed by atoms with Crippen LogP contribution in [0.25, 0.3) is 0 Å². The molecule has 0 saturated carbocycles. The van der Waals surface area contributed by atoms with Crippen LogP contribution in [0, 0.1) is 17.2 Å². The first kappa shape index (κ1) is 20.7. The molecule has 0 atom stereocenters. The van der Waals surface area contributed by atoms with E-state index >= 15 is 0 Å². The van der Waals surface area contributed by atoms with Crippen molar-refractivity contribution in [1.82, 2.24) is 9.88 Å². The maximum absolute atomic E-state index is 9.84. The number of hydrogen-bond acceptors (Lipinski definition) is 5. The van der Waals surface area contributed by atoms with Crippen LogP contribution in [-0.4, -0.2) is 41.7 Å². The first-order valence-corrected chi connectivity index (χ1v) is 9.86. The Hall–Kier alpha value is -1.64. The van der Waals surface area contributed by atoms with Crippen molar-refractivity contribution >= 4 is 5.82 Å². The topological polar surface area (TPSA) is 61.2 Å². The third kappa shape index (κ3) is 4.96. The molecule has 1 aromatic rings. The van der Waals surface area contributed by atoms with Crippen LogP contribution in [0.1, 0.15) is 63.9 Å². The van der Waals surface area contributed by atoms with Gasteiger partial charge in [0.15, 0.2) is 0 Å². The van der Waals surface area contributed by atoms with Crippen molar-refractivity contribution in [2.45, 2.75) is 66.6 Å². The summed E-state index contributed by atoms with van der Waals surface area (Å²) in [5, 5.41) is 13.3. The summed E-state index contributed by atoms with van der Waals surface area (Å²) in [6, 6.07) is 2.41. The number of hydrogen-bond donors (Lipinski definition) is 1. The van der Waals surface area contributed by atoms with E-state index in [1.165, 1.54) is 0 Å². The van der Waals surface area contributed by atoms with Crippen LogP contribution in [0.2, 0.25) is 0 Å². The largest absolute Gasteiger partial charge is 0.370 e. The molecular weight excluding hydrogens is 324 g/mol. The van der Waals surface area contributed by atoms with Crippen LogP contribution in [-0.2, 0) is 24.2 Å². The Morgan fingerprint density at radius 2 is 1.96 bits per heavy atom. The lowest BCUT2D eigenvalue weighted by atomic mass is 9.87. The Bertz CT molecular complexity index is 657. The maximum Gasteiger partial charge on any atom is 0.144 e. The predicted octanol–water partition coefficient (Wildman–Crippen LogP) is 3.76. The number of nitrogens with zero attached hydrogens (tertiary/aromatic N) is 3. The van der Waals surface area contributed by atoms with Crippen molar-refractivity contribution in [3.8, 4) is 6.07 Å². The van der Waals surface area contributed by atoms with Gasteiger partial charge in [-0.05, 0) is 44.8 Å². The Morgan fingerprint density at radius 1 is 1.27 bits per heavy atom. The van der Waals surface area contributed by atoms with Gasteiger partial charge in [0.1, 0.15) is 11.9 Å². The molecule has 1 aliphatic rings. The van der Waals surface area contributed by atoms with Crippen LogP contribution in [0.15, 0.2) is 0 Å². The lowest BCUT2D eigenvalue weighted by Gasteiger charge is -2.34. The SMILES string of the molecule is CCN(CC)CCNc1nc(CC(C)C)c2c(c1C#N)CC(C)(C)OC2. The van der Waals surface area contributed by atoms with Crippen LogP contribution in [0.5, 0.6) is 0 Å². The molecule has 1 aromatic heterocycles. The zero-order chi connectivity index (χ0) is 19.3. The molecule has 0 unspecified atom stereocenters. The van der Waals surface area contributed by atoms with Crippen LogP contribution >= 0.6 is 0 Å². The van der Waals surface area contributed by atoms with Gasteiger partial charge >= 0.3 is 0 Å². The molecule has 1 N–H and O–H groups in total. The van der Waals surface area contributed by atoms with Gasteiger partial charge in [0.05, 0.1) is 17.8 Å². The highest BCUT2D eigenvalue weighted by Gasteiger charge is 2.31. The van der Waals surface area contributed by atoms with Gasteiger partial charge in [-0.3, -0.25) is 0 Å². The molecule has 5 nitrogen and oxygen atoms in total. The maximum atomic E-state index is 9.84. The van der Waals surface area contributed by atoms with Gasteiger partial charge in [-0.2, -0.15) is 5.26 Å². The minimum Gasteiger partial charge on any atom is -0.370 e. The number of anilines is 1. The molecule has 0 bridgehead atoms. The molecule has 0 amide bonds. The second-order valence-corrected chi connectivity index (χ2v) is 8.13. The quantitative estimate of drug-likeness (QED) is 0.767. The molecule has 0 saturated heterocycles. The van der Waals surface area contributed by atoms with Crippen molar-refractivity contribution in [3.05, 3.63) is 22.4 Å². The van der Waals surface area contributed by atoms with E-state index in [-0.39, 0.29) is 5.60 Å². The molecule has 2 rings (SSSR count). The zero-order valence-corrected chi connectivity index (χ0v) is 17.3. The molecular formula is C21H34N4O. The van der Waals surface area contributed by atoms with Gasteiger partial charge < -0.3 is 15.0 Å². The highest BCUT2D eigenvalue weighted by molar-refractivity contribution is 5.60. The minimum atomic E-state index is -0.243. The number of likely N-dealkylation sites (N-methyl/N-ethyl adjacent to an activating group) is 1. The Labute approximate surface area is 158 Å².